The smallest absolute Gasteiger partial charge is 0.267 e. The zero-order valence-corrected chi connectivity index (χ0v) is 16.4. The zero-order chi connectivity index (χ0) is 20.7. The average Bonchev–Trinajstić information content (AvgIpc) is 3.10. The molecule has 4 aromatic heterocycles. The Morgan fingerprint density at radius 2 is 2.00 bits per heavy atom. The van der Waals surface area contributed by atoms with Crippen LogP contribution < -0.4 is 16.6 Å². The van der Waals surface area contributed by atoms with Gasteiger partial charge in [-0.2, -0.15) is 0 Å². The molecule has 0 aliphatic heterocycles. The maximum Gasteiger partial charge on any atom is 0.267 e. The fourth-order valence-corrected chi connectivity index (χ4v) is 3.82. The van der Waals surface area contributed by atoms with Crippen molar-refractivity contribution in [3.05, 3.63) is 81.8 Å². The molecule has 1 fully saturated rings. The Labute approximate surface area is 172 Å². The number of nitrogens with one attached hydrogen (secondary N) is 1. The predicted octanol–water partition coefficient (Wildman–Crippen LogP) is 1.67. The Bertz CT molecular complexity index is 1320. The Hall–Kier alpha value is -3.52. The van der Waals surface area contributed by atoms with Gasteiger partial charge in [-0.15, -0.1) is 0 Å². The van der Waals surface area contributed by atoms with Gasteiger partial charge in [0.05, 0.1) is 11.3 Å². The van der Waals surface area contributed by atoms with Gasteiger partial charge < -0.3 is 15.5 Å². The zero-order valence-electron chi connectivity index (χ0n) is 16.4. The molecule has 3 N–H and O–H groups in total. The normalized spacial score (nSPS) is 14.3. The summed E-state index contributed by atoms with van der Waals surface area (Å²) in [5.74, 6) is -0.721. The summed E-state index contributed by atoms with van der Waals surface area (Å²) >= 11 is 0. The van der Waals surface area contributed by atoms with Crippen LogP contribution in [0.4, 0.5) is 0 Å². The monoisotopic (exact) mass is 402 g/mol. The standard InChI is InChI=1S/C22H22N6O2/c23-21(29)20-17(22(30)28-9-2-1-6-19(28)26-20)10-16-13-27-12-14(7-8-18(27)25-16)11-24-15-4-3-5-15/h1-2,6-9,12-13,15,24H,3-5,10-11H2,(H2,23,29). The number of amides is 1. The van der Waals surface area contributed by atoms with Gasteiger partial charge in [0.25, 0.3) is 11.5 Å². The SMILES string of the molecule is NC(=O)c1nc2ccccn2c(=O)c1Cc1cn2cc(CNC3CCC3)ccc2n1. The Morgan fingerprint density at radius 3 is 2.77 bits per heavy atom. The van der Waals surface area contributed by atoms with Crippen molar-refractivity contribution >= 4 is 17.2 Å². The van der Waals surface area contributed by atoms with Crippen molar-refractivity contribution in [2.75, 3.05) is 0 Å². The summed E-state index contributed by atoms with van der Waals surface area (Å²) in [7, 11) is 0. The number of carbonyl (C=O) groups excluding carboxylic acids is 1. The highest BCUT2D eigenvalue weighted by molar-refractivity contribution is 5.92. The lowest BCUT2D eigenvalue weighted by molar-refractivity contribution is 0.0994. The lowest BCUT2D eigenvalue weighted by atomic mass is 9.93. The van der Waals surface area contributed by atoms with Crippen LogP contribution >= 0.6 is 0 Å². The maximum absolute atomic E-state index is 13.0. The van der Waals surface area contributed by atoms with Crippen LogP contribution in [0.25, 0.3) is 11.3 Å². The van der Waals surface area contributed by atoms with Gasteiger partial charge in [0, 0.05) is 37.6 Å². The number of fused-ring (bicyclic) bond motifs is 2. The summed E-state index contributed by atoms with van der Waals surface area (Å²) in [6.45, 7) is 0.815. The third-order valence-corrected chi connectivity index (χ3v) is 5.68. The van der Waals surface area contributed by atoms with E-state index in [1.54, 1.807) is 24.4 Å². The van der Waals surface area contributed by atoms with Crippen LogP contribution in [0, 0.1) is 0 Å². The van der Waals surface area contributed by atoms with E-state index in [0.717, 1.165) is 12.2 Å². The molecule has 0 saturated heterocycles. The van der Waals surface area contributed by atoms with Crippen LogP contribution in [0.2, 0.25) is 0 Å². The van der Waals surface area contributed by atoms with Crippen molar-refractivity contribution < 1.29 is 4.79 Å². The lowest BCUT2D eigenvalue weighted by Crippen LogP contribution is -2.34. The first-order valence-corrected chi connectivity index (χ1v) is 10.1. The minimum atomic E-state index is -0.721. The first-order chi connectivity index (χ1) is 14.6. The highest BCUT2D eigenvalue weighted by Gasteiger charge is 2.19. The van der Waals surface area contributed by atoms with Gasteiger partial charge in [-0.3, -0.25) is 14.0 Å². The number of rotatable bonds is 6. The summed E-state index contributed by atoms with van der Waals surface area (Å²) in [4.78, 5) is 33.9. The van der Waals surface area contributed by atoms with Crippen molar-refractivity contribution in [1.82, 2.24) is 24.1 Å². The topological polar surface area (TPSA) is 107 Å². The number of nitrogens with zero attached hydrogens (tertiary/aromatic N) is 4. The Morgan fingerprint density at radius 1 is 1.13 bits per heavy atom. The number of primary amides is 1. The summed E-state index contributed by atoms with van der Waals surface area (Å²) in [5.41, 5.74) is 8.47. The molecule has 5 rings (SSSR count). The van der Waals surface area contributed by atoms with Crippen molar-refractivity contribution in [1.29, 1.82) is 0 Å². The molecule has 1 saturated carbocycles. The fourth-order valence-electron chi connectivity index (χ4n) is 3.82. The first-order valence-electron chi connectivity index (χ1n) is 10.1. The molecule has 0 aromatic carbocycles. The highest BCUT2D eigenvalue weighted by atomic mass is 16.1. The molecule has 0 spiro atoms. The fraction of sp³-hybridized carbons (Fsp3) is 0.273. The van der Waals surface area contributed by atoms with Crippen LogP contribution in [0.3, 0.4) is 0 Å². The van der Waals surface area contributed by atoms with E-state index in [1.165, 1.54) is 29.2 Å². The Balaban J connectivity index is 1.48. The molecule has 0 unspecified atom stereocenters. The number of imidazole rings is 1. The highest BCUT2D eigenvalue weighted by Crippen LogP contribution is 2.19. The van der Waals surface area contributed by atoms with E-state index in [0.29, 0.717) is 17.4 Å². The molecule has 8 nitrogen and oxygen atoms in total. The minimum absolute atomic E-state index is 0.00589. The van der Waals surface area contributed by atoms with E-state index in [2.05, 4.69) is 21.4 Å². The van der Waals surface area contributed by atoms with Gasteiger partial charge in [-0.25, -0.2) is 9.97 Å². The van der Waals surface area contributed by atoms with Crippen LogP contribution in [0.1, 0.15) is 46.6 Å². The number of pyridine rings is 2. The van der Waals surface area contributed by atoms with Gasteiger partial charge in [0.15, 0.2) is 0 Å². The van der Waals surface area contributed by atoms with Gasteiger partial charge in [-0.1, -0.05) is 18.6 Å². The number of hydrogen-bond acceptors (Lipinski definition) is 5. The molecule has 1 amide bonds. The number of carbonyl (C=O) groups is 1. The quantitative estimate of drug-likeness (QED) is 0.510. The molecule has 4 heterocycles. The Kier molecular flexibility index (Phi) is 4.55. The molecule has 0 bridgehead atoms. The molecule has 4 aromatic rings. The minimum Gasteiger partial charge on any atom is -0.364 e. The van der Waals surface area contributed by atoms with E-state index >= 15 is 0 Å². The van der Waals surface area contributed by atoms with Crippen molar-refractivity contribution in [3.8, 4) is 0 Å². The van der Waals surface area contributed by atoms with E-state index in [4.69, 9.17) is 5.73 Å². The number of nitrogens with two attached hydrogens (primary N) is 1. The molecule has 1 aliphatic carbocycles. The van der Waals surface area contributed by atoms with E-state index in [1.807, 2.05) is 22.9 Å². The molecule has 152 valence electrons. The summed E-state index contributed by atoms with van der Waals surface area (Å²) in [6, 6.07) is 9.81. The average molecular weight is 402 g/mol. The number of aromatic nitrogens is 4. The second-order valence-corrected chi connectivity index (χ2v) is 7.76. The second kappa shape index (κ2) is 7.38. The molecule has 8 heteroatoms. The first kappa shape index (κ1) is 18.5. The van der Waals surface area contributed by atoms with E-state index in [-0.39, 0.29) is 23.2 Å². The van der Waals surface area contributed by atoms with Crippen molar-refractivity contribution in [3.63, 3.8) is 0 Å². The second-order valence-electron chi connectivity index (χ2n) is 7.76. The number of hydrogen-bond donors (Lipinski definition) is 2. The summed E-state index contributed by atoms with van der Waals surface area (Å²) in [5, 5.41) is 3.55. The molecule has 0 atom stereocenters. The van der Waals surface area contributed by atoms with Crippen LogP contribution in [0.5, 0.6) is 0 Å². The van der Waals surface area contributed by atoms with Gasteiger partial charge in [-0.05, 0) is 36.6 Å². The molecular formula is C22H22N6O2. The third kappa shape index (κ3) is 3.35. The van der Waals surface area contributed by atoms with Crippen molar-refractivity contribution in [2.45, 2.75) is 38.3 Å². The molecule has 0 radical (unpaired) electrons. The van der Waals surface area contributed by atoms with Crippen LogP contribution in [-0.2, 0) is 13.0 Å². The van der Waals surface area contributed by atoms with Crippen LogP contribution in [0.15, 0.2) is 53.7 Å². The summed E-state index contributed by atoms with van der Waals surface area (Å²) < 4.78 is 3.37. The maximum atomic E-state index is 13.0. The predicted molar refractivity (Wildman–Crippen MR) is 112 cm³/mol. The van der Waals surface area contributed by atoms with E-state index < -0.39 is 5.91 Å². The van der Waals surface area contributed by atoms with Crippen LogP contribution in [-0.4, -0.2) is 30.7 Å². The lowest BCUT2D eigenvalue weighted by Gasteiger charge is -2.26. The van der Waals surface area contributed by atoms with E-state index in [9.17, 15) is 9.59 Å². The molecule has 30 heavy (non-hydrogen) atoms. The van der Waals surface area contributed by atoms with Gasteiger partial charge >= 0.3 is 0 Å². The summed E-state index contributed by atoms with van der Waals surface area (Å²) in [6.07, 6.45) is 9.52. The largest absolute Gasteiger partial charge is 0.364 e. The van der Waals surface area contributed by atoms with Gasteiger partial charge in [0.2, 0.25) is 0 Å². The van der Waals surface area contributed by atoms with Gasteiger partial charge in [0.1, 0.15) is 17.0 Å². The molecule has 1 aliphatic rings. The van der Waals surface area contributed by atoms with Crippen molar-refractivity contribution in [2.24, 2.45) is 5.73 Å². The molecular weight excluding hydrogens is 380 g/mol. The third-order valence-electron chi connectivity index (χ3n) is 5.68.